The minimum Gasteiger partial charge on any atom is -0.504 e. The van der Waals surface area contributed by atoms with E-state index in [1.54, 1.807) is 12.3 Å². The third-order valence-corrected chi connectivity index (χ3v) is 2.72. The van der Waals surface area contributed by atoms with Crippen LogP contribution in [0.5, 0.6) is 11.5 Å². The lowest BCUT2D eigenvalue weighted by Gasteiger charge is -2.13. The average Bonchev–Trinajstić information content (AvgIpc) is 2.85. The van der Waals surface area contributed by atoms with Crippen LogP contribution in [0.25, 0.3) is 0 Å². The number of carbonyl (C=O) groups is 1. The van der Waals surface area contributed by atoms with E-state index in [1.807, 2.05) is 13.0 Å². The minimum atomic E-state index is -0.438. The van der Waals surface area contributed by atoms with E-state index in [1.165, 1.54) is 18.2 Å². The summed E-state index contributed by atoms with van der Waals surface area (Å²) in [5.41, 5.74) is 0.0475. The lowest BCUT2D eigenvalue weighted by molar-refractivity contribution is 0.0936. The van der Waals surface area contributed by atoms with Gasteiger partial charge < -0.3 is 19.9 Å². The largest absolute Gasteiger partial charge is 0.504 e. The van der Waals surface area contributed by atoms with Crippen molar-refractivity contribution < 1.29 is 19.4 Å². The first-order chi connectivity index (χ1) is 9.08. The zero-order valence-electron chi connectivity index (χ0n) is 10.5. The molecule has 5 nitrogen and oxygen atoms in total. The van der Waals surface area contributed by atoms with E-state index >= 15 is 0 Å². The summed E-state index contributed by atoms with van der Waals surface area (Å²) in [5, 5.41) is 21.7. The number of rotatable bonds is 4. The van der Waals surface area contributed by atoms with E-state index in [4.69, 9.17) is 4.42 Å². The lowest BCUT2D eigenvalue weighted by atomic mass is 10.1. The van der Waals surface area contributed by atoms with Gasteiger partial charge in [-0.3, -0.25) is 4.79 Å². The number of phenols is 2. The predicted molar refractivity (Wildman–Crippen MR) is 69.1 cm³/mol. The van der Waals surface area contributed by atoms with Crippen LogP contribution in [0.15, 0.2) is 41.0 Å². The van der Waals surface area contributed by atoms with Gasteiger partial charge in [0.1, 0.15) is 5.76 Å². The van der Waals surface area contributed by atoms with Crippen molar-refractivity contribution in [1.82, 2.24) is 5.32 Å². The predicted octanol–water partition coefficient (Wildman–Crippen LogP) is 2.05. The molecule has 1 heterocycles. The number of hydrogen-bond donors (Lipinski definition) is 3. The van der Waals surface area contributed by atoms with E-state index in [0.717, 1.165) is 5.76 Å². The Morgan fingerprint density at radius 2 is 2.11 bits per heavy atom. The third kappa shape index (κ3) is 3.07. The molecule has 0 aliphatic rings. The van der Waals surface area contributed by atoms with Crippen LogP contribution in [0.3, 0.4) is 0 Å². The quantitative estimate of drug-likeness (QED) is 0.736. The zero-order chi connectivity index (χ0) is 13.8. The molecule has 1 aromatic carbocycles. The van der Waals surface area contributed by atoms with E-state index < -0.39 is 11.7 Å². The maximum absolute atomic E-state index is 11.9. The monoisotopic (exact) mass is 261 g/mol. The van der Waals surface area contributed by atoms with Crippen LogP contribution in [-0.4, -0.2) is 22.2 Å². The smallest absolute Gasteiger partial charge is 0.255 e. The molecule has 1 amide bonds. The molecule has 1 atom stereocenters. The molecular weight excluding hydrogens is 246 g/mol. The van der Waals surface area contributed by atoms with Crippen LogP contribution < -0.4 is 5.32 Å². The highest BCUT2D eigenvalue weighted by Gasteiger charge is 2.16. The maximum Gasteiger partial charge on any atom is 0.255 e. The van der Waals surface area contributed by atoms with Crippen LogP contribution in [-0.2, 0) is 6.42 Å². The Morgan fingerprint density at radius 3 is 2.79 bits per heavy atom. The van der Waals surface area contributed by atoms with Crippen molar-refractivity contribution in [3.63, 3.8) is 0 Å². The fraction of sp³-hybridized carbons (Fsp3) is 0.214. The summed E-state index contributed by atoms with van der Waals surface area (Å²) in [6.07, 6.45) is 2.13. The number of nitrogens with one attached hydrogen (secondary N) is 1. The fourth-order valence-electron chi connectivity index (χ4n) is 1.80. The van der Waals surface area contributed by atoms with Gasteiger partial charge in [0.25, 0.3) is 5.91 Å². The van der Waals surface area contributed by atoms with Gasteiger partial charge in [-0.15, -0.1) is 0 Å². The SMILES string of the molecule is CC(Cc1ccco1)NC(=O)c1cccc(O)c1O. The molecule has 1 aromatic heterocycles. The van der Waals surface area contributed by atoms with E-state index in [2.05, 4.69) is 5.32 Å². The number of phenolic OH excluding ortho intramolecular Hbond substituents is 2. The Kier molecular flexibility index (Phi) is 3.75. The second-order valence-electron chi connectivity index (χ2n) is 4.33. The van der Waals surface area contributed by atoms with Crippen LogP contribution in [0.1, 0.15) is 23.0 Å². The lowest BCUT2D eigenvalue weighted by Crippen LogP contribution is -2.34. The van der Waals surface area contributed by atoms with E-state index in [9.17, 15) is 15.0 Å². The molecule has 0 fully saturated rings. The average molecular weight is 261 g/mol. The number of aromatic hydroxyl groups is 2. The van der Waals surface area contributed by atoms with Crippen LogP contribution in [0, 0.1) is 0 Å². The normalized spacial score (nSPS) is 12.1. The molecule has 0 saturated heterocycles. The van der Waals surface area contributed by atoms with Gasteiger partial charge in [-0.1, -0.05) is 6.07 Å². The molecule has 19 heavy (non-hydrogen) atoms. The van der Waals surface area contributed by atoms with Crippen molar-refractivity contribution in [2.24, 2.45) is 0 Å². The first-order valence-corrected chi connectivity index (χ1v) is 5.92. The minimum absolute atomic E-state index is 0.0475. The van der Waals surface area contributed by atoms with Gasteiger partial charge in [0.15, 0.2) is 11.5 Å². The molecule has 3 N–H and O–H groups in total. The molecule has 5 heteroatoms. The van der Waals surface area contributed by atoms with Crippen molar-refractivity contribution >= 4 is 5.91 Å². The molecule has 1 unspecified atom stereocenters. The van der Waals surface area contributed by atoms with Crippen molar-refractivity contribution in [2.75, 3.05) is 0 Å². The highest BCUT2D eigenvalue weighted by Crippen LogP contribution is 2.28. The van der Waals surface area contributed by atoms with Gasteiger partial charge in [-0.05, 0) is 31.2 Å². The molecule has 2 rings (SSSR count). The number of para-hydroxylation sites is 1. The summed E-state index contributed by atoms with van der Waals surface area (Å²) >= 11 is 0. The van der Waals surface area contributed by atoms with Crippen LogP contribution in [0.2, 0.25) is 0 Å². The van der Waals surface area contributed by atoms with Gasteiger partial charge >= 0.3 is 0 Å². The Labute approximate surface area is 110 Å². The number of furan rings is 1. The molecule has 0 aliphatic heterocycles. The highest BCUT2D eigenvalue weighted by molar-refractivity contribution is 5.97. The molecule has 0 bridgehead atoms. The van der Waals surface area contributed by atoms with Crippen LogP contribution >= 0.6 is 0 Å². The second kappa shape index (κ2) is 5.48. The Balaban J connectivity index is 2.02. The summed E-state index contributed by atoms with van der Waals surface area (Å²) in [5.74, 6) is -0.392. The fourth-order valence-corrected chi connectivity index (χ4v) is 1.80. The summed E-state index contributed by atoms with van der Waals surface area (Å²) in [7, 11) is 0. The van der Waals surface area contributed by atoms with Crippen molar-refractivity contribution in [3.05, 3.63) is 47.9 Å². The van der Waals surface area contributed by atoms with Gasteiger partial charge in [0, 0.05) is 12.5 Å². The van der Waals surface area contributed by atoms with Crippen molar-refractivity contribution in [3.8, 4) is 11.5 Å². The molecule has 0 radical (unpaired) electrons. The van der Waals surface area contributed by atoms with Crippen molar-refractivity contribution in [2.45, 2.75) is 19.4 Å². The number of amides is 1. The number of carbonyl (C=O) groups excluding carboxylic acids is 1. The first kappa shape index (κ1) is 13.0. The summed E-state index contributed by atoms with van der Waals surface area (Å²) in [4.78, 5) is 11.9. The molecule has 2 aromatic rings. The van der Waals surface area contributed by atoms with Crippen LogP contribution in [0.4, 0.5) is 0 Å². The molecule has 100 valence electrons. The summed E-state index contributed by atoms with van der Waals surface area (Å²) in [6, 6.07) is 7.73. The van der Waals surface area contributed by atoms with Gasteiger partial charge in [-0.2, -0.15) is 0 Å². The molecular formula is C14H15NO4. The number of hydrogen-bond acceptors (Lipinski definition) is 4. The summed E-state index contributed by atoms with van der Waals surface area (Å²) in [6.45, 7) is 1.83. The van der Waals surface area contributed by atoms with E-state index in [-0.39, 0.29) is 17.4 Å². The highest BCUT2D eigenvalue weighted by atomic mass is 16.3. The molecule has 0 saturated carbocycles. The molecule has 0 aliphatic carbocycles. The first-order valence-electron chi connectivity index (χ1n) is 5.92. The Morgan fingerprint density at radius 1 is 1.32 bits per heavy atom. The Bertz CT molecular complexity index is 563. The topological polar surface area (TPSA) is 82.7 Å². The van der Waals surface area contributed by atoms with Crippen molar-refractivity contribution in [1.29, 1.82) is 0 Å². The second-order valence-corrected chi connectivity index (χ2v) is 4.33. The zero-order valence-corrected chi connectivity index (χ0v) is 10.5. The summed E-state index contributed by atoms with van der Waals surface area (Å²) < 4.78 is 5.19. The van der Waals surface area contributed by atoms with Gasteiger partial charge in [0.05, 0.1) is 11.8 Å². The maximum atomic E-state index is 11.9. The third-order valence-electron chi connectivity index (χ3n) is 2.72. The van der Waals surface area contributed by atoms with Gasteiger partial charge in [-0.25, -0.2) is 0 Å². The Hall–Kier alpha value is -2.43. The standard InChI is InChI=1S/C14H15NO4/c1-9(8-10-4-3-7-19-10)15-14(18)11-5-2-6-12(16)13(11)17/h2-7,9,16-17H,8H2,1H3,(H,15,18). The number of benzene rings is 1. The molecule has 0 spiro atoms. The van der Waals surface area contributed by atoms with Gasteiger partial charge in [0.2, 0.25) is 0 Å². The van der Waals surface area contributed by atoms with E-state index in [0.29, 0.717) is 6.42 Å².